The van der Waals surface area contributed by atoms with Crippen molar-refractivity contribution in [1.29, 1.82) is 0 Å². The average Bonchev–Trinajstić information content (AvgIpc) is 2.56. The molecule has 1 rings (SSSR count). The van der Waals surface area contributed by atoms with E-state index in [-0.39, 0.29) is 12.5 Å². The first-order valence-electron chi connectivity index (χ1n) is 7.96. The molecule has 0 aliphatic heterocycles. The fourth-order valence-electron chi connectivity index (χ4n) is 2.11. The van der Waals surface area contributed by atoms with E-state index >= 15 is 0 Å². The van der Waals surface area contributed by atoms with Gasteiger partial charge in [-0.2, -0.15) is 0 Å². The highest BCUT2D eigenvalue weighted by atomic mass is 16.7. The van der Waals surface area contributed by atoms with Gasteiger partial charge < -0.3 is 18.9 Å². The van der Waals surface area contributed by atoms with Crippen LogP contribution in [0.5, 0.6) is 11.5 Å². The van der Waals surface area contributed by atoms with Gasteiger partial charge in [-0.15, -0.1) is 0 Å². The molecule has 5 nitrogen and oxygen atoms in total. The largest absolute Gasteiger partial charge is 0.493 e. The number of hydrogen-bond acceptors (Lipinski definition) is 4. The molecule has 0 saturated carbocycles. The Morgan fingerprint density at radius 3 is 2.05 bits per heavy atom. The molecule has 0 saturated heterocycles. The van der Waals surface area contributed by atoms with Gasteiger partial charge in [0.05, 0.1) is 27.4 Å². The molecule has 0 spiro atoms. The summed E-state index contributed by atoms with van der Waals surface area (Å²) in [6.45, 7) is 7.70. The molecule has 0 aliphatic rings. The number of nitrogens with two attached hydrogens (primary N) is 1. The summed E-state index contributed by atoms with van der Waals surface area (Å²) in [6.07, 6.45) is 1.68. The minimum absolute atomic E-state index is 0.193. The van der Waals surface area contributed by atoms with Crippen molar-refractivity contribution in [2.24, 2.45) is 0 Å². The van der Waals surface area contributed by atoms with Crippen molar-refractivity contribution in [3.8, 4) is 11.5 Å². The van der Waals surface area contributed by atoms with Crippen LogP contribution in [0.25, 0.3) is 0 Å². The zero-order valence-electron chi connectivity index (χ0n) is 14.4. The monoisotopic (exact) mass is 312 g/mol. The predicted molar refractivity (Wildman–Crippen MR) is 86.2 cm³/mol. The molecule has 0 radical (unpaired) electrons. The van der Waals surface area contributed by atoms with Gasteiger partial charge in [0.1, 0.15) is 6.04 Å². The van der Waals surface area contributed by atoms with Crippen molar-refractivity contribution < 1.29 is 24.3 Å². The lowest BCUT2D eigenvalue weighted by molar-refractivity contribution is -0.796. The highest BCUT2D eigenvalue weighted by molar-refractivity contribution is 5.43. The molecule has 0 amide bonds. The van der Waals surface area contributed by atoms with E-state index in [0.717, 1.165) is 29.9 Å². The lowest BCUT2D eigenvalue weighted by Gasteiger charge is -2.21. The molecule has 1 aromatic carbocycles. The van der Waals surface area contributed by atoms with E-state index < -0.39 is 0 Å². The van der Waals surface area contributed by atoms with Crippen LogP contribution in [0.2, 0.25) is 0 Å². The van der Waals surface area contributed by atoms with E-state index in [9.17, 15) is 0 Å². The number of quaternary nitrogens is 1. The van der Waals surface area contributed by atoms with E-state index in [2.05, 4.69) is 26.1 Å². The maximum Gasteiger partial charge on any atom is 0.306 e. The van der Waals surface area contributed by atoms with Gasteiger partial charge in [-0.05, 0) is 38.0 Å². The van der Waals surface area contributed by atoms with Crippen molar-refractivity contribution in [3.05, 3.63) is 23.8 Å². The SMILES string of the molecule is CCCOC([NH2+][C@H](C)c1ccc(OC)c(OC)c1)OCCC. The molecule has 0 aliphatic carbocycles. The predicted octanol–water partition coefficient (Wildman–Crippen LogP) is 2.47. The van der Waals surface area contributed by atoms with Gasteiger partial charge in [0.2, 0.25) is 0 Å². The number of rotatable bonds is 11. The van der Waals surface area contributed by atoms with Crippen LogP contribution in [0, 0.1) is 0 Å². The second kappa shape index (κ2) is 10.4. The van der Waals surface area contributed by atoms with Gasteiger partial charge in [-0.3, -0.25) is 5.32 Å². The molecule has 2 N–H and O–H groups in total. The highest BCUT2D eigenvalue weighted by Gasteiger charge is 2.19. The molecule has 0 bridgehead atoms. The van der Waals surface area contributed by atoms with Crippen LogP contribution in [-0.4, -0.2) is 33.8 Å². The Morgan fingerprint density at radius 1 is 0.955 bits per heavy atom. The van der Waals surface area contributed by atoms with E-state index in [1.807, 2.05) is 18.2 Å². The van der Waals surface area contributed by atoms with Crippen LogP contribution in [0.1, 0.15) is 45.2 Å². The van der Waals surface area contributed by atoms with E-state index in [4.69, 9.17) is 18.9 Å². The van der Waals surface area contributed by atoms with Crippen LogP contribution >= 0.6 is 0 Å². The third kappa shape index (κ3) is 5.83. The van der Waals surface area contributed by atoms with Crippen LogP contribution in [-0.2, 0) is 9.47 Å². The maximum absolute atomic E-state index is 5.75. The average molecular weight is 312 g/mol. The van der Waals surface area contributed by atoms with Crippen LogP contribution in [0.3, 0.4) is 0 Å². The summed E-state index contributed by atoms with van der Waals surface area (Å²) in [5, 5.41) is 2.09. The first-order valence-corrected chi connectivity index (χ1v) is 7.96. The molecular weight excluding hydrogens is 282 g/mol. The lowest BCUT2D eigenvalue weighted by atomic mass is 10.1. The molecule has 22 heavy (non-hydrogen) atoms. The minimum Gasteiger partial charge on any atom is -0.493 e. The zero-order valence-corrected chi connectivity index (χ0v) is 14.4. The minimum atomic E-state index is -0.275. The number of ether oxygens (including phenoxy) is 4. The van der Waals surface area contributed by atoms with Crippen molar-refractivity contribution in [1.82, 2.24) is 0 Å². The summed E-state index contributed by atoms with van der Waals surface area (Å²) in [5.74, 6) is 1.47. The van der Waals surface area contributed by atoms with E-state index in [1.165, 1.54) is 0 Å². The standard InChI is InChI=1S/C17H29NO4/c1-6-10-21-17(22-11-7-2)18-13(3)14-8-9-15(19-4)16(12-14)20-5/h8-9,12-13,17-18H,6-7,10-11H2,1-5H3/p+1/t13-/m1/s1. The highest BCUT2D eigenvalue weighted by Crippen LogP contribution is 2.29. The van der Waals surface area contributed by atoms with E-state index in [1.54, 1.807) is 14.2 Å². The second-order valence-electron chi connectivity index (χ2n) is 5.21. The van der Waals surface area contributed by atoms with Crippen LogP contribution in [0.15, 0.2) is 18.2 Å². The van der Waals surface area contributed by atoms with Gasteiger partial charge in [-0.25, -0.2) is 0 Å². The zero-order chi connectivity index (χ0) is 16.4. The van der Waals surface area contributed by atoms with Gasteiger partial charge in [0, 0.05) is 5.56 Å². The first-order chi connectivity index (χ1) is 10.7. The molecule has 1 aromatic rings. The van der Waals surface area contributed by atoms with Crippen molar-refractivity contribution >= 4 is 0 Å². The third-order valence-corrected chi connectivity index (χ3v) is 3.35. The normalized spacial score (nSPS) is 12.5. The van der Waals surface area contributed by atoms with Gasteiger partial charge in [0.25, 0.3) is 0 Å². The molecule has 0 unspecified atom stereocenters. The number of methoxy groups -OCH3 is 2. The summed E-state index contributed by atoms with van der Waals surface area (Å²) in [4.78, 5) is 0. The van der Waals surface area contributed by atoms with Crippen LogP contribution < -0.4 is 14.8 Å². The van der Waals surface area contributed by atoms with Crippen molar-refractivity contribution in [3.63, 3.8) is 0 Å². The van der Waals surface area contributed by atoms with Gasteiger partial charge >= 0.3 is 6.41 Å². The molecule has 126 valence electrons. The van der Waals surface area contributed by atoms with Crippen molar-refractivity contribution in [2.75, 3.05) is 27.4 Å². The molecule has 0 fully saturated rings. The van der Waals surface area contributed by atoms with Gasteiger partial charge in [-0.1, -0.05) is 13.8 Å². The van der Waals surface area contributed by atoms with Crippen LogP contribution in [0.4, 0.5) is 0 Å². The molecule has 5 heteroatoms. The fraction of sp³-hybridized carbons (Fsp3) is 0.647. The Bertz CT molecular complexity index is 417. The Labute approximate surface area is 133 Å². The smallest absolute Gasteiger partial charge is 0.306 e. The summed E-state index contributed by atoms with van der Waals surface area (Å²) in [5.41, 5.74) is 1.14. The summed E-state index contributed by atoms with van der Waals surface area (Å²) >= 11 is 0. The maximum atomic E-state index is 5.75. The fourth-order valence-corrected chi connectivity index (χ4v) is 2.11. The Morgan fingerprint density at radius 2 is 1.55 bits per heavy atom. The number of hydrogen-bond donors (Lipinski definition) is 1. The topological polar surface area (TPSA) is 53.5 Å². The third-order valence-electron chi connectivity index (χ3n) is 3.35. The molecule has 1 atom stereocenters. The quantitative estimate of drug-likeness (QED) is 0.638. The van der Waals surface area contributed by atoms with Crippen molar-refractivity contribution in [2.45, 2.75) is 46.1 Å². The summed E-state index contributed by atoms with van der Waals surface area (Å²) in [7, 11) is 3.29. The summed E-state index contributed by atoms with van der Waals surface area (Å²) in [6, 6.07) is 6.15. The second-order valence-corrected chi connectivity index (χ2v) is 5.21. The Balaban J connectivity index is 2.73. The molecule has 0 heterocycles. The summed E-state index contributed by atoms with van der Waals surface area (Å²) < 4.78 is 22.1. The number of benzene rings is 1. The van der Waals surface area contributed by atoms with Gasteiger partial charge in [0.15, 0.2) is 11.5 Å². The lowest BCUT2D eigenvalue weighted by Crippen LogP contribution is -2.91. The molecular formula is C17H30NO4+. The Kier molecular flexibility index (Phi) is 8.89. The molecule has 0 aromatic heterocycles. The first kappa shape index (κ1) is 18.7. The van der Waals surface area contributed by atoms with E-state index in [0.29, 0.717) is 13.2 Å². The Hall–Kier alpha value is -1.30.